The van der Waals surface area contributed by atoms with E-state index in [1.807, 2.05) is 13.0 Å². The van der Waals surface area contributed by atoms with Crippen LogP contribution in [-0.2, 0) is 21.0 Å². The lowest BCUT2D eigenvalue weighted by Gasteiger charge is -2.18. The minimum atomic E-state index is -3.67. The molecular weight excluding hydrogens is 531 g/mol. The van der Waals surface area contributed by atoms with Crippen LogP contribution < -0.4 is 24.8 Å². The molecule has 0 amide bonds. The van der Waals surface area contributed by atoms with Gasteiger partial charge in [0.05, 0.1) is 11.9 Å². The zero-order chi connectivity index (χ0) is 27.8. The smallest absolute Gasteiger partial charge is 0.265 e. The fraction of sp³-hybridized carbons (Fsp3) is 0.308. The first-order chi connectivity index (χ1) is 17.9. The Labute approximate surface area is 222 Å². The van der Waals surface area contributed by atoms with Gasteiger partial charge in [0.15, 0.2) is 6.35 Å². The van der Waals surface area contributed by atoms with E-state index in [1.54, 1.807) is 48.5 Å². The number of rotatable bonds is 14. The van der Waals surface area contributed by atoms with Gasteiger partial charge in [0.25, 0.3) is 7.37 Å². The maximum atomic E-state index is 12.7. The van der Waals surface area contributed by atoms with Gasteiger partial charge in [0.1, 0.15) is 30.0 Å². The highest BCUT2D eigenvalue weighted by molar-refractivity contribution is 7.92. The van der Waals surface area contributed by atoms with Gasteiger partial charge >= 0.3 is 0 Å². The van der Waals surface area contributed by atoms with Crippen LogP contribution in [0.5, 0.6) is 17.2 Å². The molecule has 1 unspecified atom stereocenters. The third-order valence-electron chi connectivity index (χ3n) is 5.44. The van der Waals surface area contributed by atoms with Crippen LogP contribution in [0.15, 0.2) is 72.8 Å². The van der Waals surface area contributed by atoms with Gasteiger partial charge in [-0.2, -0.15) is 0 Å². The van der Waals surface area contributed by atoms with Crippen molar-refractivity contribution in [3.05, 3.63) is 78.4 Å². The Morgan fingerprint density at radius 3 is 2.32 bits per heavy atom. The quantitative estimate of drug-likeness (QED) is 0.147. The fourth-order valence-electron chi connectivity index (χ4n) is 3.52. The standard InChI is InChI=1S/C26H33N2O8PS/c1-19(27-16-21(29)17-35-23-10-13-26(30)25(15-23)28-38(2,33)34)14-20-8-11-24(12-9-20)37(31,32)18-36-22-6-4-3-5-7-22/h3-13,15,19,21,27-30H,14,16-18H2,1-2H3,(H,31,32)/t19-,21+/m0/s1. The van der Waals surface area contributed by atoms with Gasteiger partial charge < -0.3 is 29.9 Å². The lowest BCUT2D eigenvalue weighted by Crippen LogP contribution is -2.37. The van der Waals surface area contributed by atoms with Crippen LogP contribution in [0.4, 0.5) is 5.69 Å². The summed E-state index contributed by atoms with van der Waals surface area (Å²) < 4.78 is 48.7. The van der Waals surface area contributed by atoms with Crippen LogP contribution in [0.1, 0.15) is 12.5 Å². The molecule has 0 spiro atoms. The van der Waals surface area contributed by atoms with Crippen LogP contribution in [-0.4, -0.2) is 61.4 Å². The van der Waals surface area contributed by atoms with Crippen molar-refractivity contribution in [2.45, 2.75) is 25.5 Å². The molecule has 0 aliphatic heterocycles. The topological polar surface area (TPSA) is 154 Å². The molecule has 0 fully saturated rings. The number of sulfonamides is 1. The number of benzene rings is 3. The van der Waals surface area contributed by atoms with Crippen molar-refractivity contribution in [1.82, 2.24) is 5.32 Å². The molecule has 3 aromatic rings. The van der Waals surface area contributed by atoms with Crippen molar-refractivity contribution in [1.29, 1.82) is 0 Å². The number of hydrogen-bond acceptors (Lipinski definition) is 8. The Bertz CT molecular complexity index is 1340. The summed E-state index contributed by atoms with van der Waals surface area (Å²) in [6.45, 7) is 2.15. The molecule has 206 valence electrons. The summed E-state index contributed by atoms with van der Waals surface area (Å²) in [4.78, 5) is 10.4. The molecule has 3 atom stereocenters. The molecule has 3 rings (SSSR count). The average molecular weight is 565 g/mol. The van der Waals surface area contributed by atoms with Crippen LogP contribution in [0.2, 0.25) is 0 Å². The summed E-state index contributed by atoms with van der Waals surface area (Å²) in [6.07, 6.45) is 0.444. The van der Waals surface area contributed by atoms with Crippen LogP contribution in [0.3, 0.4) is 0 Å². The molecule has 5 N–H and O–H groups in total. The molecule has 0 aromatic heterocycles. The van der Waals surface area contributed by atoms with Crippen molar-refractivity contribution < 1.29 is 37.6 Å². The van der Waals surface area contributed by atoms with Gasteiger partial charge in [-0.25, -0.2) is 8.42 Å². The predicted octanol–water partition coefficient (Wildman–Crippen LogP) is 2.66. The van der Waals surface area contributed by atoms with E-state index in [2.05, 4.69) is 10.0 Å². The molecule has 3 aromatic carbocycles. The summed E-state index contributed by atoms with van der Waals surface area (Å²) in [5.41, 5.74) is 0.942. The minimum Gasteiger partial charge on any atom is -0.506 e. The highest BCUT2D eigenvalue weighted by Gasteiger charge is 2.22. The highest BCUT2D eigenvalue weighted by atomic mass is 32.2. The van der Waals surface area contributed by atoms with Crippen molar-refractivity contribution in [3.8, 4) is 17.2 Å². The Balaban J connectivity index is 1.43. The normalized spacial score (nSPS) is 14.7. The van der Waals surface area contributed by atoms with E-state index < -0.39 is 23.5 Å². The second-order valence-corrected chi connectivity index (χ2v) is 12.9. The number of nitrogens with one attached hydrogen (secondary N) is 2. The lowest BCUT2D eigenvalue weighted by molar-refractivity contribution is 0.104. The van der Waals surface area contributed by atoms with E-state index in [1.165, 1.54) is 18.2 Å². The zero-order valence-corrected chi connectivity index (χ0v) is 22.9. The number of aliphatic hydroxyl groups is 1. The van der Waals surface area contributed by atoms with Gasteiger partial charge in [-0.15, -0.1) is 0 Å². The molecule has 0 aliphatic rings. The van der Waals surface area contributed by atoms with E-state index in [0.717, 1.165) is 11.8 Å². The zero-order valence-electron chi connectivity index (χ0n) is 21.1. The molecule has 0 bridgehead atoms. The number of para-hydroxylation sites is 1. The van der Waals surface area contributed by atoms with Gasteiger partial charge in [-0.05, 0) is 55.3 Å². The van der Waals surface area contributed by atoms with Gasteiger partial charge in [0, 0.05) is 24.0 Å². The SMILES string of the molecule is C[C@@H](Cc1ccc(P(=O)(O)COc2ccccc2)cc1)NC[C@@H](O)COc1ccc(O)c(NS(C)(=O)=O)c1. The maximum absolute atomic E-state index is 12.7. The second-order valence-electron chi connectivity index (χ2n) is 8.99. The molecule has 0 saturated heterocycles. The van der Waals surface area contributed by atoms with Crippen LogP contribution in [0, 0.1) is 0 Å². The monoisotopic (exact) mass is 564 g/mol. The summed E-state index contributed by atoms with van der Waals surface area (Å²) >= 11 is 0. The molecular formula is C26H33N2O8PS. The third-order valence-corrected chi connectivity index (χ3v) is 7.61. The van der Waals surface area contributed by atoms with E-state index in [9.17, 15) is 28.1 Å². The van der Waals surface area contributed by atoms with E-state index >= 15 is 0 Å². The van der Waals surface area contributed by atoms with Gasteiger partial charge in [-0.3, -0.25) is 9.29 Å². The van der Waals surface area contributed by atoms with Crippen LogP contribution in [0.25, 0.3) is 0 Å². The highest BCUT2D eigenvalue weighted by Crippen LogP contribution is 2.39. The third kappa shape index (κ3) is 9.66. The number of hydrogen-bond donors (Lipinski definition) is 5. The van der Waals surface area contributed by atoms with E-state index in [4.69, 9.17) is 9.47 Å². The Morgan fingerprint density at radius 1 is 0.974 bits per heavy atom. The second kappa shape index (κ2) is 13.1. The van der Waals surface area contributed by atoms with Gasteiger partial charge in [-0.1, -0.05) is 30.3 Å². The first-order valence-electron chi connectivity index (χ1n) is 11.9. The molecule has 0 heterocycles. The molecule has 0 saturated carbocycles. The number of anilines is 1. The Kier molecular flexibility index (Phi) is 10.2. The largest absolute Gasteiger partial charge is 0.506 e. The van der Waals surface area contributed by atoms with Crippen molar-refractivity contribution in [2.75, 3.05) is 30.5 Å². The number of aromatic hydroxyl groups is 1. The number of ether oxygens (including phenoxy) is 2. The Hall–Kier alpha value is -3.08. The molecule has 0 aliphatic carbocycles. The van der Waals surface area contributed by atoms with Crippen LogP contribution >= 0.6 is 7.37 Å². The fourth-order valence-corrected chi connectivity index (χ4v) is 5.17. The first kappa shape index (κ1) is 29.5. The molecule has 12 heteroatoms. The number of phenolic OH excluding ortho intramolecular Hbond substituents is 1. The van der Waals surface area contributed by atoms with Crippen molar-refractivity contribution >= 4 is 28.4 Å². The summed E-state index contributed by atoms with van der Waals surface area (Å²) in [5, 5.41) is 23.6. The summed E-state index contributed by atoms with van der Waals surface area (Å²) in [6, 6.07) is 19.8. The molecule has 0 radical (unpaired) electrons. The van der Waals surface area contributed by atoms with Crippen molar-refractivity contribution in [3.63, 3.8) is 0 Å². The van der Waals surface area contributed by atoms with Crippen molar-refractivity contribution in [2.24, 2.45) is 0 Å². The first-order valence-corrected chi connectivity index (χ1v) is 15.6. The summed E-state index contributed by atoms with van der Waals surface area (Å²) in [7, 11) is -7.24. The predicted molar refractivity (Wildman–Crippen MR) is 147 cm³/mol. The lowest BCUT2D eigenvalue weighted by atomic mass is 10.1. The number of phenols is 1. The number of aliphatic hydroxyl groups excluding tert-OH is 1. The van der Waals surface area contributed by atoms with Gasteiger partial charge in [0.2, 0.25) is 10.0 Å². The molecule has 38 heavy (non-hydrogen) atoms. The summed E-state index contributed by atoms with van der Waals surface area (Å²) in [5.74, 6) is 0.577. The van der Waals surface area contributed by atoms with E-state index in [-0.39, 0.29) is 42.7 Å². The molecule has 10 nitrogen and oxygen atoms in total. The average Bonchev–Trinajstić information content (AvgIpc) is 2.87. The van der Waals surface area contributed by atoms with E-state index in [0.29, 0.717) is 17.5 Å². The maximum Gasteiger partial charge on any atom is 0.265 e. The minimum absolute atomic E-state index is 0.00270. The Morgan fingerprint density at radius 2 is 1.66 bits per heavy atom.